The standard InChI is InChI=1S/C21H24BrF3N2O5S/c1-27-8-4-5-14(12-27)32-17-9-13(6-7-15(17)21(23,24)25)26-33(28,29)20-11-19(31-3)18(30-2)10-16(20)22/h6-7,9-11,14,26H,4-5,8,12H2,1-3H3/t14-/m0/s1. The first-order chi connectivity index (χ1) is 15.4. The highest BCUT2D eigenvalue weighted by atomic mass is 79.9. The van der Waals surface area contributed by atoms with Gasteiger partial charge in [0.05, 0.1) is 25.5 Å². The van der Waals surface area contributed by atoms with E-state index in [1.165, 1.54) is 26.4 Å². The Bertz CT molecular complexity index is 1110. The van der Waals surface area contributed by atoms with Gasteiger partial charge in [-0.2, -0.15) is 13.2 Å². The van der Waals surface area contributed by atoms with Crippen molar-refractivity contribution >= 4 is 31.6 Å². The number of sulfonamides is 1. The van der Waals surface area contributed by atoms with Crippen molar-refractivity contribution in [1.82, 2.24) is 4.90 Å². The Hall–Kier alpha value is -2.18. The van der Waals surface area contributed by atoms with E-state index in [1.807, 2.05) is 11.9 Å². The molecule has 1 aliphatic heterocycles. The van der Waals surface area contributed by atoms with Crippen LogP contribution in [0.4, 0.5) is 18.9 Å². The Balaban J connectivity index is 1.95. The molecule has 1 heterocycles. The summed E-state index contributed by atoms with van der Waals surface area (Å²) >= 11 is 3.19. The second-order valence-electron chi connectivity index (χ2n) is 7.60. The third-order valence-electron chi connectivity index (χ3n) is 5.14. The van der Waals surface area contributed by atoms with E-state index >= 15 is 0 Å². The second kappa shape index (κ2) is 9.98. The molecule has 12 heteroatoms. The first-order valence-electron chi connectivity index (χ1n) is 9.95. The van der Waals surface area contributed by atoms with Crippen molar-refractivity contribution in [3.63, 3.8) is 0 Å². The maximum atomic E-state index is 13.6. The van der Waals surface area contributed by atoms with Gasteiger partial charge >= 0.3 is 6.18 Å². The van der Waals surface area contributed by atoms with Gasteiger partial charge in [-0.15, -0.1) is 0 Å². The van der Waals surface area contributed by atoms with Crippen LogP contribution in [0.2, 0.25) is 0 Å². The second-order valence-corrected chi connectivity index (χ2v) is 10.1. The van der Waals surface area contributed by atoms with Crippen molar-refractivity contribution in [3.05, 3.63) is 40.4 Å². The van der Waals surface area contributed by atoms with Crippen LogP contribution in [0.15, 0.2) is 39.7 Å². The Labute approximate surface area is 199 Å². The number of likely N-dealkylation sites (N-methyl/N-ethyl adjacent to an activating group) is 1. The van der Waals surface area contributed by atoms with Crippen LogP contribution >= 0.6 is 15.9 Å². The zero-order valence-electron chi connectivity index (χ0n) is 18.2. The van der Waals surface area contributed by atoms with Gasteiger partial charge in [-0.05, 0) is 60.6 Å². The molecule has 182 valence electrons. The van der Waals surface area contributed by atoms with E-state index in [4.69, 9.17) is 14.2 Å². The Morgan fingerprint density at radius 1 is 1.09 bits per heavy atom. The van der Waals surface area contributed by atoms with Gasteiger partial charge in [0.2, 0.25) is 0 Å². The predicted molar refractivity (Wildman–Crippen MR) is 121 cm³/mol. The van der Waals surface area contributed by atoms with Crippen LogP contribution in [-0.4, -0.2) is 53.8 Å². The number of hydrogen-bond acceptors (Lipinski definition) is 6. The minimum atomic E-state index is -4.65. The SMILES string of the molecule is COc1cc(Br)c(S(=O)(=O)Nc2ccc(C(F)(F)F)c(O[C@H]3CCCN(C)C3)c2)cc1OC. The molecule has 1 fully saturated rings. The number of rotatable bonds is 7. The van der Waals surface area contributed by atoms with Gasteiger partial charge in [0.15, 0.2) is 11.5 Å². The molecule has 0 radical (unpaired) electrons. The van der Waals surface area contributed by atoms with E-state index in [0.717, 1.165) is 31.2 Å². The molecule has 3 rings (SSSR count). The largest absolute Gasteiger partial charge is 0.493 e. The molecule has 2 aromatic rings. The fraction of sp³-hybridized carbons (Fsp3) is 0.429. The molecule has 0 bridgehead atoms. The fourth-order valence-corrected chi connectivity index (χ4v) is 5.65. The quantitative estimate of drug-likeness (QED) is 0.533. The lowest BCUT2D eigenvalue weighted by atomic mass is 10.1. The van der Waals surface area contributed by atoms with Crippen LogP contribution in [0.1, 0.15) is 18.4 Å². The van der Waals surface area contributed by atoms with E-state index in [-0.39, 0.29) is 20.8 Å². The summed E-state index contributed by atoms with van der Waals surface area (Å²) < 4.78 is 85.2. The maximum absolute atomic E-state index is 13.6. The van der Waals surface area contributed by atoms with Crippen LogP contribution in [0.5, 0.6) is 17.2 Å². The molecular weight excluding hydrogens is 529 g/mol. The average molecular weight is 553 g/mol. The minimum Gasteiger partial charge on any atom is -0.493 e. The predicted octanol–water partition coefficient (Wildman–Crippen LogP) is 4.76. The van der Waals surface area contributed by atoms with Gasteiger partial charge in [-0.25, -0.2) is 8.42 Å². The van der Waals surface area contributed by atoms with Gasteiger partial charge in [0.25, 0.3) is 10.0 Å². The Morgan fingerprint density at radius 3 is 2.36 bits per heavy atom. The number of alkyl halides is 3. The third-order valence-corrected chi connectivity index (χ3v) is 7.48. The topological polar surface area (TPSA) is 77.1 Å². The minimum absolute atomic E-state index is 0.0659. The number of nitrogens with one attached hydrogen (secondary N) is 1. The van der Waals surface area contributed by atoms with Crippen molar-refractivity contribution in [2.24, 2.45) is 0 Å². The summed E-state index contributed by atoms with van der Waals surface area (Å²) in [5, 5.41) is 0. The lowest BCUT2D eigenvalue weighted by Crippen LogP contribution is -2.38. The number of anilines is 1. The van der Waals surface area contributed by atoms with Gasteiger partial charge in [-0.1, -0.05) is 0 Å². The number of hydrogen-bond donors (Lipinski definition) is 1. The molecule has 2 aromatic carbocycles. The number of nitrogens with zero attached hydrogens (tertiary/aromatic N) is 1. The lowest BCUT2D eigenvalue weighted by Gasteiger charge is -2.31. The highest BCUT2D eigenvalue weighted by Crippen LogP contribution is 2.40. The molecule has 1 aliphatic rings. The zero-order valence-corrected chi connectivity index (χ0v) is 20.6. The number of methoxy groups -OCH3 is 2. The van der Waals surface area contributed by atoms with Crippen LogP contribution in [-0.2, 0) is 16.2 Å². The first kappa shape index (κ1) is 25.4. The number of likely N-dealkylation sites (tertiary alicyclic amines) is 1. The monoisotopic (exact) mass is 552 g/mol. The molecule has 33 heavy (non-hydrogen) atoms. The van der Waals surface area contributed by atoms with Crippen molar-refractivity contribution in [3.8, 4) is 17.2 Å². The van der Waals surface area contributed by atoms with E-state index in [0.29, 0.717) is 18.7 Å². The third kappa shape index (κ3) is 6.04. The summed E-state index contributed by atoms with van der Waals surface area (Å²) in [4.78, 5) is 1.80. The molecule has 1 N–H and O–H groups in total. The van der Waals surface area contributed by atoms with Gasteiger partial charge in [-0.3, -0.25) is 4.72 Å². The molecule has 0 aromatic heterocycles. The van der Waals surface area contributed by atoms with Crippen LogP contribution < -0.4 is 18.9 Å². The molecule has 1 saturated heterocycles. The summed E-state index contributed by atoms with van der Waals surface area (Å²) in [7, 11) is 0.447. The molecule has 0 amide bonds. The lowest BCUT2D eigenvalue weighted by molar-refractivity contribution is -0.139. The van der Waals surface area contributed by atoms with Crippen LogP contribution in [0.25, 0.3) is 0 Å². The molecule has 1 atom stereocenters. The highest BCUT2D eigenvalue weighted by Gasteiger charge is 2.36. The number of halogens is 4. The Morgan fingerprint density at radius 2 is 1.76 bits per heavy atom. The number of benzene rings is 2. The van der Waals surface area contributed by atoms with Crippen molar-refractivity contribution < 1.29 is 35.8 Å². The fourth-order valence-electron chi connectivity index (χ4n) is 3.56. The van der Waals surface area contributed by atoms with E-state index < -0.39 is 33.6 Å². The zero-order chi connectivity index (χ0) is 24.4. The van der Waals surface area contributed by atoms with Crippen molar-refractivity contribution in [2.75, 3.05) is 39.1 Å². The Kier molecular flexibility index (Phi) is 7.69. The molecular formula is C21H24BrF3N2O5S. The molecule has 0 aliphatic carbocycles. The smallest absolute Gasteiger partial charge is 0.419 e. The molecule has 7 nitrogen and oxygen atoms in total. The van der Waals surface area contributed by atoms with Gasteiger partial charge in [0.1, 0.15) is 16.7 Å². The highest BCUT2D eigenvalue weighted by molar-refractivity contribution is 9.10. The molecule has 0 saturated carbocycles. The number of ether oxygens (including phenoxy) is 3. The number of piperidine rings is 1. The van der Waals surface area contributed by atoms with E-state index in [9.17, 15) is 21.6 Å². The molecule has 0 spiro atoms. The molecule has 0 unspecified atom stereocenters. The van der Waals surface area contributed by atoms with Crippen molar-refractivity contribution in [1.29, 1.82) is 0 Å². The van der Waals surface area contributed by atoms with E-state index in [1.54, 1.807) is 0 Å². The van der Waals surface area contributed by atoms with Crippen LogP contribution in [0, 0.1) is 0 Å². The van der Waals surface area contributed by atoms with Crippen molar-refractivity contribution in [2.45, 2.75) is 30.0 Å². The summed E-state index contributed by atoms with van der Waals surface area (Å²) in [6.07, 6.45) is -3.69. The average Bonchev–Trinajstić information content (AvgIpc) is 2.72. The maximum Gasteiger partial charge on any atom is 0.419 e. The van der Waals surface area contributed by atoms with E-state index in [2.05, 4.69) is 20.7 Å². The normalized spacial score (nSPS) is 17.5. The first-order valence-corrected chi connectivity index (χ1v) is 12.2. The summed E-state index contributed by atoms with van der Waals surface area (Å²) in [5.74, 6) is 0.0688. The summed E-state index contributed by atoms with van der Waals surface area (Å²) in [5.41, 5.74) is -1.03. The van der Waals surface area contributed by atoms with Crippen LogP contribution in [0.3, 0.4) is 0 Å². The summed E-state index contributed by atoms with van der Waals surface area (Å²) in [6.45, 7) is 1.32. The van der Waals surface area contributed by atoms with Gasteiger partial charge in [0, 0.05) is 23.2 Å². The summed E-state index contributed by atoms with van der Waals surface area (Å²) in [6, 6.07) is 5.60. The van der Waals surface area contributed by atoms with Gasteiger partial charge < -0.3 is 19.1 Å².